The van der Waals surface area contributed by atoms with Crippen LogP contribution in [0.1, 0.15) is 52.2 Å². The highest BCUT2D eigenvalue weighted by Crippen LogP contribution is 2.71. The van der Waals surface area contributed by atoms with Gasteiger partial charge in [-0.3, -0.25) is 0 Å². The van der Waals surface area contributed by atoms with E-state index in [1.165, 1.54) is 28.7 Å². The molecule has 0 bridgehead atoms. The molecule has 0 radical (unpaired) electrons. The van der Waals surface area contributed by atoms with Crippen molar-refractivity contribution in [3.05, 3.63) is 83.9 Å². The SMILES string of the molecule is CC1CC2(c3ccccc3-c3cc(Nc4ccccc4)ccc32)C(C)(C)C1(C)C. The summed E-state index contributed by atoms with van der Waals surface area (Å²) in [7, 11) is 0. The Balaban J connectivity index is 1.71. The summed E-state index contributed by atoms with van der Waals surface area (Å²) in [5.41, 5.74) is 8.64. The van der Waals surface area contributed by atoms with Crippen LogP contribution in [-0.2, 0) is 5.41 Å². The van der Waals surface area contributed by atoms with Gasteiger partial charge in [0.2, 0.25) is 0 Å². The lowest BCUT2D eigenvalue weighted by Crippen LogP contribution is -2.43. The van der Waals surface area contributed by atoms with E-state index in [9.17, 15) is 0 Å². The van der Waals surface area contributed by atoms with Crippen LogP contribution >= 0.6 is 0 Å². The molecule has 2 aliphatic carbocycles. The molecule has 1 nitrogen and oxygen atoms in total. The fourth-order valence-corrected chi connectivity index (χ4v) is 6.17. The molecular weight excluding hydrogens is 350 g/mol. The van der Waals surface area contributed by atoms with E-state index in [0.29, 0.717) is 5.92 Å². The number of hydrogen-bond acceptors (Lipinski definition) is 1. The number of anilines is 2. The zero-order chi connectivity index (χ0) is 20.4. The minimum atomic E-state index is 0.0765. The second-order valence-corrected chi connectivity index (χ2v) is 10.2. The van der Waals surface area contributed by atoms with Crippen LogP contribution in [0.4, 0.5) is 11.4 Å². The van der Waals surface area contributed by atoms with Crippen LogP contribution in [0.25, 0.3) is 11.1 Å². The third-order valence-corrected chi connectivity index (χ3v) is 8.74. The second-order valence-electron chi connectivity index (χ2n) is 10.2. The van der Waals surface area contributed by atoms with Crippen LogP contribution in [-0.4, -0.2) is 0 Å². The number of rotatable bonds is 2. The molecule has 1 spiro atoms. The van der Waals surface area contributed by atoms with Gasteiger partial charge in [0.25, 0.3) is 0 Å². The van der Waals surface area contributed by atoms with Crippen LogP contribution in [0.3, 0.4) is 0 Å². The van der Waals surface area contributed by atoms with E-state index in [0.717, 1.165) is 11.4 Å². The first-order chi connectivity index (χ1) is 13.8. The lowest BCUT2D eigenvalue weighted by atomic mass is 9.55. The Morgan fingerprint density at radius 1 is 0.724 bits per heavy atom. The molecular formula is C28H31N. The zero-order valence-corrected chi connectivity index (χ0v) is 18.2. The quantitative estimate of drug-likeness (QED) is 0.477. The molecule has 1 heteroatoms. The van der Waals surface area contributed by atoms with Crippen molar-refractivity contribution in [2.75, 3.05) is 5.32 Å². The minimum Gasteiger partial charge on any atom is -0.356 e. The Kier molecular flexibility index (Phi) is 3.81. The second kappa shape index (κ2) is 5.98. The molecule has 0 aliphatic heterocycles. The molecule has 3 aromatic carbocycles. The highest BCUT2D eigenvalue weighted by atomic mass is 14.9. The Morgan fingerprint density at radius 2 is 1.38 bits per heavy atom. The van der Waals surface area contributed by atoms with E-state index in [-0.39, 0.29) is 16.2 Å². The zero-order valence-electron chi connectivity index (χ0n) is 18.2. The minimum absolute atomic E-state index is 0.0765. The fourth-order valence-electron chi connectivity index (χ4n) is 6.17. The Hall–Kier alpha value is -2.54. The molecule has 2 atom stereocenters. The number of hydrogen-bond donors (Lipinski definition) is 1. The van der Waals surface area contributed by atoms with Gasteiger partial charge in [0, 0.05) is 16.8 Å². The predicted molar refractivity (Wildman–Crippen MR) is 124 cm³/mol. The summed E-state index contributed by atoms with van der Waals surface area (Å²) in [6, 6.07) is 26.6. The monoisotopic (exact) mass is 381 g/mol. The van der Waals surface area contributed by atoms with Gasteiger partial charge < -0.3 is 5.32 Å². The summed E-state index contributed by atoms with van der Waals surface area (Å²) >= 11 is 0. The summed E-state index contributed by atoms with van der Waals surface area (Å²) in [4.78, 5) is 0. The molecule has 3 aromatic rings. The summed E-state index contributed by atoms with van der Waals surface area (Å²) in [5, 5.41) is 3.59. The summed E-state index contributed by atoms with van der Waals surface area (Å²) in [6.07, 6.45) is 1.21. The van der Waals surface area contributed by atoms with Gasteiger partial charge in [-0.25, -0.2) is 0 Å². The molecule has 1 saturated carbocycles. The first-order valence-corrected chi connectivity index (χ1v) is 10.9. The lowest BCUT2D eigenvalue weighted by Gasteiger charge is -2.47. The van der Waals surface area contributed by atoms with Crippen LogP contribution in [0.5, 0.6) is 0 Å². The van der Waals surface area contributed by atoms with E-state index in [1.54, 1.807) is 0 Å². The predicted octanol–water partition coefficient (Wildman–Crippen LogP) is 7.79. The van der Waals surface area contributed by atoms with E-state index < -0.39 is 0 Å². The summed E-state index contributed by atoms with van der Waals surface area (Å²) in [6.45, 7) is 12.4. The molecule has 1 fully saturated rings. The largest absolute Gasteiger partial charge is 0.356 e. The van der Waals surface area contributed by atoms with E-state index in [4.69, 9.17) is 0 Å². The number of para-hydroxylation sites is 1. The van der Waals surface area contributed by atoms with Gasteiger partial charge in [0.15, 0.2) is 0 Å². The molecule has 1 N–H and O–H groups in total. The van der Waals surface area contributed by atoms with Crippen molar-refractivity contribution in [2.24, 2.45) is 16.7 Å². The van der Waals surface area contributed by atoms with Crippen LogP contribution in [0.2, 0.25) is 0 Å². The highest BCUT2D eigenvalue weighted by Gasteiger charge is 2.65. The molecule has 0 amide bonds. The molecule has 29 heavy (non-hydrogen) atoms. The molecule has 5 rings (SSSR count). The van der Waals surface area contributed by atoms with Crippen molar-refractivity contribution >= 4 is 11.4 Å². The number of fused-ring (bicyclic) bond motifs is 5. The molecule has 2 unspecified atom stereocenters. The summed E-state index contributed by atoms with van der Waals surface area (Å²) in [5.74, 6) is 0.665. The van der Waals surface area contributed by atoms with E-state index >= 15 is 0 Å². The average Bonchev–Trinajstić information content (AvgIpc) is 3.06. The number of benzene rings is 3. The van der Waals surface area contributed by atoms with Gasteiger partial charge in [-0.05, 0) is 69.7 Å². The smallest absolute Gasteiger partial charge is 0.0390 e. The van der Waals surface area contributed by atoms with Crippen molar-refractivity contribution in [3.8, 4) is 11.1 Å². The molecule has 0 heterocycles. The van der Waals surface area contributed by atoms with Gasteiger partial charge >= 0.3 is 0 Å². The Bertz CT molecular complexity index is 1080. The molecule has 0 saturated heterocycles. The summed E-state index contributed by atoms with van der Waals surface area (Å²) < 4.78 is 0. The van der Waals surface area contributed by atoms with Crippen molar-refractivity contribution < 1.29 is 0 Å². The van der Waals surface area contributed by atoms with Gasteiger partial charge in [-0.15, -0.1) is 0 Å². The molecule has 0 aromatic heterocycles. The van der Waals surface area contributed by atoms with Gasteiger partial charge in [-0.1, -0.05) is 83.1 Å². The van der Waals surface area contributed by atoms with Crippen LogP contribution in [0.15, 0.2) is 72.8 Å². The topological polar surface area (TPSA) is 12.0 Å². The van der Waals surface area contributed by atoms with Gasteiger partial charge in [0.05, 0.1) is 0 Å². The lowest BCUT2D eigenvalue weighted by molar-refractivity contribution is 0.0802. The highest BCUT2D eigenvalue weighted by molar-refractivity contribution is 5.85. The normalized spacial score (nSPS) is 25.6. The maximum Gasteiger partial charge on any atom is 0.0390 e. The first kappa shape index (κ1) is 18.5. The van der Waals surface area contributed by atoms with Gasteiger partial charge in [-0.2, -0.15) is 0 Å². The van der Waals surface area contributed by atoms with E-state index in [1.807, 2.05) is 0 Å². The first-order valence-electron chi connectivity index (χ1n) is 10.9. The standard InChI is InChI=1S/C28H31N/c1-19-18-28(27(4,5)26(19,2)3)24-14-10-9-13-22(24)23-17-21(15-16-25(23)28)29-20-11-7-6-8-12-20/h6-17,19,29H,18H2,1-5H3. The third kappa shape index (κ3) is 2.28. The van der Waals surface area contributed by atoms with Crippen molar-refractivity contribution in [1.82, 2.24) is 0 Å². The Morgan fingerprint density at radius 3 is 2.07 bits per heavy atom. The van der Waals surface area contributed by atoms with Crippen molar-refractivity contribution in [1.29, 1.82) is 0 Å². The van der Waals surface area contributed by atoms with Gasteiger partial charge in [0.1, 0.15) is 0 Å². The van der Waals surface area contributed by atoms with Crippen molar-refractivity contribution in [2.45, 2.75) is 46.5 Å². The van der Waals surface area contributed by atoms with Crippen molar-refractivity contribution in [3.63, 3.8) is 0 Å². The third-order valence-electron chi connectivity index (χ3n) is 8.74. The number of nitrogens with one attached hydrogen (secondary N) is 1. The van der Waals surface area contributed by atoms with Crippen LogP contribution in [0, 0.1) is 16.7 Å². The van der Waals surface area contributed by atoms with Crippen LogP contribution < -0.4 is 5.32 Å². The Labute approximate surface area is 175 Å². The molecule has 2 aliphatic rings. The molecule has 148 valence electrons. The fraction of sp³-hybridized carbons (Fsp3) is 0.357. The van der Waals surface area contributed by atoms with E-state index in [2.05, 4.69) is 113 Å². The maximum atomic E-state index is 3.59. The maximum absolute atomic E-state index is 3.59. The average molecular weight is 382 g/mol.